The number of benzene rings is 2. The fourth-order valence-electron chi connectivity index (χ4n) is 3.60. The van der Waals surface area contributed by atoms with E-state index in [2.05, 4.69) is 40.2 Å². The summed E-state index contributed by atoms with van der Waals surface area (Å²) in [5, 5.41) is 9.23. The van der Waals surface area contributed by atoms with Gasteiger partial charge in [0.25, 0.3) is 0 Å². The van der Waals surface area contributed by atoms with Crippen LogP contribution < -0.4 is 16.0 Å². The summed E-state index contributed by atoms with van der Waals surface area (Å²) in [6.45, 7) is 3.61. The fourth-order valence-corrected chi connectivity index (χ4v) is 3.60. The lowest BCUT2D eigenvalue weighted by atomic mass is 9.89. The molecule has 0 saturated carbocycles. The Balaban J connectivity index is 1.39. The summed E-state index contributed by atoms with van der Waals surface area (Å²) in [4.78, 5) is 24.0. The van der Waals surface area contributed by atoms with Crippen LogP contribution in [-0.4, -0.2) is 37.7 Å². The molecule has 2 amide bonds. The highest BCUT2D eigenvalue weighted by atomic mass is 16.5. The van der Waals surface area contributed by atoms with Crippen LogP contribution in [0.25, 0.3) is 0 Å². The van der Waals surface area contributed by atoms with Crippen LogP contribution in [0.15, 0.2) is 54.6 Å². The van der Waals surface area contributed by atoms with Gasteiger partial charge in [-0.15, -0.1) is 0 Å². The van der Waals surface area contributed by atoms with E-state index >= 15 is 0 Å². The second kappa shape index (κ2) is 10.6. The molecule has 0 spiro atoms. The summed E-state index contributed by atoms with van der Waals surface area (Å²) in [5.74, 6) is 0.237. The first-order valence-electron chi connectivity index (χ1n) is 10.2. The van der Waals surface area contributed by atoms with Gasteiger partial charge in [0.2, 0.25) is 0 Å². The zero-order valence-corrected chi connectivity index (χ0v) is 16.8. The van der Waals surface area contributed by atoms with Crippen LogP contribution in [0.1, 0.15) is 35.7 Å². The van der Waals surface area contributed by atoms with Crippen LogP contribution in [0.5, 0.6) is 0 Å². The summed E-state index contributed by atoms with van der Waals surface area (Å²) >= 11 is 0. The van der Waals surface area contributed by atoms with Crippen molar-refractivity contribution in [2.45, 2.75) is 32.2 Å². The van der Waals surface area contributed by atoms with E-state index in [9.17, 15) is 9.59 Å². The number of rotatable bonds is 7. The summed E-state index contributed by atoms with van der Waals surface area (Å²) in [7, 11) is 0. The number of piperidine rings is 1. The van der Waals surface area contributed by atoms with Gasteiger partial charge in [-0.25, -0.2) is 9.59 Å². The van der Waals surface area contributed by atoms with Crippen molar-refractivity contribution in [2.75, 3.05) is 25.0 Å². The van der Waals surface area contributed by atoms with Gasteiger partial charge in [0.05, 0.1) is 12.2 Å². The minimum atomic E-state index is -0.395. The fraction of sp³-hybridized carbons (Fsp3) is 0.391. The lowest BCUT2D eigenvalue weighted by molar-refractivity contribution is 0.0526. The Bertz CT molecular complexity index is 802. The molecule has 2 atom stereocenters. The van der Waals surface area contributed by atoms with Gasteiger partial charge in [0, 0.05) is 18.3 Å². The number of urea groups is 1. The number of hydrogen-bond acceptors (Lipinski definition) is 4. The number of amides is 2. The molecule has 0 bridgehead atoms. The highest BCUT2D eigenvalue weighted by Crippen LogP contribution is 2.19. The SMILES string of the molecule is CCOC(=O)c1cccc(NC(=O)NC[C@@H]2CC[C@H](Cc3ccccc3)CN2)c1. The molecule has 3 rings (SSSR count). The van der Waals surface area contributed by atoms with Gasteiger partial charge >= 0.3 is 12.0 Å². The average molecular weight is 396 g/mol. The van der Waals surface area contributed by atoms with E-state index in [0.717, 1.165) is 25.8 Å². The van der Waals surface area contributed by atoms with Crippen molar-refractivity contribution < 1.29 is 14.3 Å². The van der Waals surface area contributed by atoms with Gasteiger partial charge in [-0.3, -0.25) is 0 Å². The van der Waals surface area contributed by atoms with E-state index in [1.807, 2.05) is 6.07 Å². The van der Waals surface area contributed by atoms with Crippen molar-refractivity contribution in [3.8, 4) is 0 Å². The molecule has 0 radical (unpaired) electrons. The van der Waals surface area contributed by atoms with Crippen LogP contribution in [0, 0.1) is 5.92 Å². The maximum Gasteiger partial charge on any atom is 0.338 e. The third-order valence-electron chi connectivity index (χ3n) is 5.13. The minimum Gasteiger partial charge on any atom is -0.462 e. The predicted octanol–water partition coefficient (Wildman–Crippen LogP) is 3.60. The zero-order valence-electron chi connectivity index (χ0n) is 16.8. The first-order chi connectivity index (χ1) is 14.1. The molecule has 0 aliphatic carbocycles. The number of anilines is 1. The second-order valence-electron chi connectivity index (χ2n) is 7.37. The molecule has 3 N–H and O–H groups in total. The number of esters is 1. The molecule has 1 fully saturated rings. The third kappa shape index (κ3) is 6.61. The monoisotopic (exact) mass is 395 g/mol. The van der Waals surface area contributed by atoms with E-state index in [1.165, 1.54) is 5.56 Å². The Hall–Kier alpha value is -2.86. The van der Waals surface area contributed by atoms with Crippen molar-refractivity contribution in [3.05, 3.63) is 65.7 Å². The first-order valence-corrected chi connectivity index (χ1v) is 10.2. The van der Waals surface area contributed by atoms with Crippen molar-refractivity contribution in [1.82, 2.24) is 10.6 Å². The lowest BCUT2D eigenvalue weighted by Gasteiger charge is -2.30. The summed E-state index contributed by atoms with van der Waals surface area (Å²) in [6, 6.07) is 17.3. The highest BCUT2D eigenvalue weighted by Gasteiger charge is 2.21. The van der Waals surface area contributed by atoms with Crippen LogP contribution in [0.3, 0.4) is 0 Å². The summed E-state index contributed by atoms with van der Waals surface area (Å²) in [5.41, 5.74) is 2.36. The Labute approximate surface area is 172 Å². The van der Waals surface area contributed by atoms with Gasteiger partial charge in [-0.05, 0) is 62.4 Å². The maximum absolute atomic E-state index is 12.2. The Morgan fingerprint density at radius 1 is 1.10 bits per heavy atom. The normalized spacial score (nSPS) is 18.7. The molecule has 0 unspecified atom stereocenters. The number of nitrogens with one attached hydrogen (secondary N) is 3. The minimum absolute atomic E-state index is 0.277. The standard InChI is InChI=1S/C23H29N3O3/c1-2-29-22(27)19-9-6-10-20(14-19)26-23(28)25-16-21-12-11-18(15-24-21)13-17-7-4-3-5-8-17/h3-10,14,18,21,24H,2,11-13,15-16H2,1H3,(H2,25,26,28)/t18-,21+/m1/s1. The Morgan fingerprint density at radius 2 is 1.93 bits per heavy atom. The Kier molecular flexibility index (Phi) is 7.64. The molecular weight excluding hydrogens is 366 g/mol. The number of carbonyl (C=O) groups excluding carboxylic acids is 2. The van der Waals surface area contributed by atoms with Crippen molar-refractivity contribution in [3.63, 3.8) is 0 Å². The molecule has 2 aromatic rings. The first kappa shape index (κ1) is 20.9. The van der Waals surface area contributed by atoms with Gasteiger partial charge in [0.1, 0.15) is 0 Å². The second-order valence-corrected chi connectivity index (χ2v) is 7.37. The van der Waals surface area contributed by atoms with Crippen LogP contribution in [0.4, 0.5) is 10.5 Å². The molecule has 1 saturated heterocycles. The topological polar surface area (TPSA) is 79.5 Å². The van der Waals surface area contributed by atoms with Crippen molar-refractivity contribution >= 4 is 17.7 Å². The van der Waals surface area contributed by atoms with E-state index in [-0.39, 0.29) is 12.1 Å². The molecule has 29 heavy (non-hydrogen) atoms. The van der Waals surface area contributed by atoms with E-state index in [0.29, 0.717) is 30.3 Å². The maximum atomic E-state index is 12.2. The van der Waals surface area contributed by atoms with Crippen LogP contribution in [-0.2, 0) is 11.2 Å². The van der Waals surface area contributed by atoms with E-state index in [4.69, 9.17) is 4.74 Å². The quantitative estimate of drug-likeness (QED) is 0.626. The summed E-state index contributed by atoms with van der Waals surface area (Å²) < 4.78 is 4.99. The van der Waals surface area contributed by atoms with E-state index < -0.39 is 5.97 Å². The average Bonchev–Trinajstić information content (AvgIpc) is 2.74. The molecule has 154 valence electrons. The lowest BCUT2D eigenvalue weighted by Crippen LogP contribution is -2.47. The Morgan fingerprint density at radius 3 is 2.66 bits per heavy atom. The molecule has 1 aliphatic heterocycles. The van der Waals surface area contributed by atoms with E-state index in [1.54, 1.807) is 31.2 Å². The molecule has 0 aromatic heterocycles. The smallest absolute Gasteiger partial charge is 0.338 e. The molecule has 1 heterocycles. The largest absolute Gasteiger partial charge is 0.462 e. The molecule has 6 heteroatoms. The number of carbonyl (C=O) groups is 2. The summed E-state index contributed by atoms with van der Waals surface area (Å²) in [6.07, 6.45) is 3.28. The third-order valence-corrected chi connectivity index (χ3v) is 5.13. The van der Waals surface area contributed by atoms with Gasteiger partial charge < -0.3 is 20.7 Å². The number of ether oxygens (including phenoxy) is 1. The predicted molar refractivity (Wildman–Crippen MR) is 114 cm³/mol. The van der Waals surface area contributed by atoms with Crippen molar-refractivity contribution in [2.24, 2.45) is 5.92 Å². The molecule has 6 nitrogen and oxygen atoms in total. The van der Waals surface area contributed by atoms with Crippen LogP contribution >= 0.6 is 0 Å². The highest BCUT2D eigenvalue weighted by molar-refractivity contribution is 5.93. The number of hydrogen-bond donors (Lipinski definition) is 3. The van der Waals surface area contributed by atoms with Gasteiger partial charge in [-0.2, -0.15) is 0 Å². The van der Waals surface area contributed by atoms with Gasteiger partial charge in [0.15, 0.2) is 0 Å². The molecule has 1 aliphatic rings. The van der Waals surface area contributed by atoms with Crippen molar-refractivity contribution in [1.29, 1.82) is 0 Å². The molecular formula is C23H29N3O3. The molecule has 2 aromatic carbocycles. The van der Waals surface area contributed by atoms with Gasteiger partial charge in [-0.1, -0.05) is 36.4 Å². The zero-order chi connectivity index (χ0) is 20.5. The van der Waals surface area contributed by atoms with Crippen LogP contribution in [0.2, 0.25) is 0 Å².